The second-order valence-corrected chi connectivity index (χ2v) is 7.18. The van der Waals surface area contributed by atoms with Crippen molar-refractivity contribution in [1.29, 1.82) is 0 Å². The number of benzene rings is 3. The van der Waals surface area contributed by atoms with E-state index < -0.39 is 0 Å². The number of phenolic OH excluding ortho intramolecular Hbond substituents is 1. The largest absolute Gasteiger partial charge is 0.508 e. The summed E-state index contributed by atoms with van der Waals surface area (Å²) in [6.07, 6.45) is 1.70. The Balaban J connectivity index is 1.80. The molecule has 31 heavy (non-hydrogen) atoms. The topological polar surface area (TPSA) is 71.4 Å². The Morgan fingerprint density at radius 2 is 1.61 bits per heavy atom. The van der Waals surface area contributed by atoms with Crippen LogP contribution in [0.1, 0.15) is 11.1 Å². The van der Waals surface area contributed by atoms with Crippen LogP contribution in [0.4, 0.5) is 5.69 Å². The minimum absolute atomic E-state index is 0.112. The Hall–Kier alpha value is -3.77. The van der Waals surface area contributed by atoms with Crippen LogP contribution < -0.4 is 14.4 Å². The Kier molecular flexibility index (Phi) is 5.64. The van der Waals surface area contributed by atoms with E-state index in [1.165, 1.54) is 17.0 Å². The first-order valence-electron chi connectivity index (χ1n) is 9.42. The third kappa shape index (κ3) is 4.11. The number of methoxy groups -OCH3 is 2. The molecule has 0 unspecified atom stereocenters. The van der Waals surface area contributed by atoms with Gasteiger partial charge in [-0.15, -0.1) is 0 Å². The van der Waals surface area contributed by atoms with Crippen molar-refractivity contribution in [2.45, 2.75) is 0 Å². The third-order valence-corrected chi connectivity index (χ3v) is 5.03. The number of amidine groups is 1. The smallest absolute Gasteiger partial charge is 0.282 e. The summed E-state index contributed by atoms with van der Waals surface area (Å²) in [4.78, 5) is 19.5. The van der Waals surface area contributed by atoms with Crippen molar-refractivity contribution in [3.05, 3.63) is 88.6 Å². The molecule has 156 valence electrons. The molecule has 3 aromatic rings. The van der Waals surface area contributed by atoms with Crippen molar-refractivity contribution in [3.63, 3.8) is 0 Å². The first kappa shape index (κ1) is 20.5. The van der Waals surface area contributed by atoms with Crippen molar-refractivity contribution in [2.75, 3.05) is 19.1 Å². The molecule has 0 atom stereocenters. The molecule has 0 bridgehead atoms. The van der Waals surface area contributed by atoms with E-state index in [2.05, 4.69) is 4.99 Å². The zero-order chi connectivity index (χ0) is 22.0. The molecule has 0 radical (unpaired) electrons. The van der Waals surface area contributed by atoms with Crippen LogP contribution in [-0.4, -0.2) is 31.1 Å². The minimum atomic E-state index is -0.287. The molecule has 1 N–H and O–H groups in total. The summed E-state index contributed by atoms with van der Waals surface area (Å²) in [5.41, 5.74) is 2.34. The Morgan fingerprint density at radius 3 is 2.26 bits per heavy atom. The second kappa shape index (κ2) is 8.53. The summed E-state index contributed by atoms with van der Waals surface area (Å²) in [6.45, 7) is 0. The van der Waals surface area contributed by atoms with Crippen LogP contribution >= 0.6 is 11.6 Å². The molecule has 1 amide bonds. The highest BCUT2D eigenvalue weighted by Gasteiger charge is 2.32. The lowest BCUT2D eigenvalue weighted by atomic mass is 10.1. The monoisotopic (exact) mass is 434 g/mol. The maximum atomic E-state index is 13.3. The Labute approximate surface area is 184 Å². The molecule has 3 aromatic carbocycles. The molecule has 1 heterocycles. The van der Waals surface area contributed by atoms with E-state index >= 15 is 0 Å². The number of carbonyl (C=O) groups is 1. The molecular formula is C24H19ClN2O4. The number of hydrogen-bond acceptors (Lipinski definition) is 5. The van der Waals surface area contributed by atoms with Gasteiger partial charge in [-0.1, -0.05) is 17.7 Å². The molecule has 0 saturated heterocycles. The van der Waals surface area contributed by atoms with Crippen molar-refractivity contribution < 1.29 is 19.4 Å². The fourth-order valence-electron chi connectivity index (χ4n) is 3.25. The van der Waals surface area contributed by atoms with E-state index in [0.29, 0.717) is 28.0 Å². The zero-order valence-corrected chi connectivity index (χ0v) is 17.6. The van der Waals surface area contributed by atoms with Gasteiger partial charge in [-0.2, -0.15) is 0 Å². The second-order valence-electron chi connectivity index (χ2n) is 6.74. The van der Waals surface area contributed by atoms with Crippen molar-refractivity contribution in [1.82, 2.24) is 0 Å². The summed E-state index contributed by atoms with van der Waals surface area (Å²) < 4.78 is 10.6. The number of rotatable bonds is 5. The standard InChI is InChI=1S/C24H19ClN2O4/c1-30-21-12-3-15(14-22(21)31-2)13-20-24(29)27(18-8-10-19(28)11-9-18)23(26-20)16-4-6-17(25)7-5-16/h3-14,28H,1-2H3/b20-13+. The normalized spacial score (nSPS) is 14.7. The molecule has 1 aliphatic rings. The number of amides is 1. The fraction of sp³-hybridized carbons (Fsp3) is 0.0833. The average Bonchev–Trinajstić information content (AvgIpc) is 3.10. The van der Waals surface area contributed by atoms with E-state index in [9.17, 15) is 9.90 Å². The summed E-state index contributed by atoms with van der Waals surface area (Å²) in [7, 11) is 3.12. The highest BCUT2D eigenvalue weighted by atomic mass is 35.5. The molecule has 6 nitrogen and oxygen atoms in total. The number of anilines is 1. The number of aliphatic imine (C=N–C) groups is 1. The highest BCUT2D eigenvalue weighted by molar-refractivity contribution is 6.34. The summed E-state index contributed by atoms with van der Waals surface area (Å²) in [6, 6.07) is 18.9. The van der Waals surface area contributed by atoms with E-state index in [1.54, 1.807) is 68.8 Å². The van der Waals surface area contributed by atoms with E-state index in [-0.39, 0.29) is 17.4 Å². The lowest BCUT2D eigenvalue weighted by Gasteiger charge is -2.18. The van der Waals surface area contributed by atoms with E-state index in [1.807, 2.05) is 6.07 Å². The van der Waals surface area contributed by atoms with Gasteiger partial charge in [-0.05, 0) is 72.3 Å². The fourth-order valence-corrected chi connectivity index (χ4v) is 3.38. The van der Waals surface area contributed by atoms with Crippen LogP contribution in [0.5, 0.6) is 17.2 Å². The number of halogens is 1. The minimum Gasteiger partial charge on any atom is -0.508 e. The van der Waals surface area contributed by atoms with Crippen LogP contribution in [0.15, 0.2) is 77.4 Å². The van der Waals surface area contributed by atoms with Gasteiger partial charge in [0.1, 0.15) is 17.3 Å². The lowest BCUT2D eigenvalue weighted by Crippen LogP contribution is -2.32. The molecule has 0 aromatic heterocycles. The highest BCUT2D eigenvalue weighted by Crippen LogP contribution is 2.32. The number of hydrogen-bond donors (Lipinski definition) is 1. The van der Waals surface area contributed by atoms with Crippen LogP contribution in [0.25, 0.3) is 6.08 Å². The number of carbonyl (C=O) groups excluding carboxylic acids is 1. The summed E-state index contributed by atoms with van der Waals surface area (Å²) in [5.74, 6) is 1.45. The van der Waals surface area contributed by atoms with E-state index in [4.69, 9.17) is 21.1 Å². The van der Waals surface area contributed by atoms with Gasteiger partial charge in [0.25, 0.3) is 5.91 Å². The maximum absolute atomic E-state index is 13.3. The van der Waals surface area contributed by atoms with Crippen molar-refractivity contribution >= 4 is 35.1 Å². The van der Waals surface area contributed by atoms with Gasteiger partial charge >= 0.3 is 0 Å². The molecule has 0 saturated carbocycles. The Bertz CT molecular complexity index is 1190. The zero-order valence-electron chi connectivity index (χ0n) is 16.9. The number of ether oxygens (including phenoxy) is 2. The molecule has 0 spiro atoms. The van der Waals surface area contributed by atoms with Crippen molar-refractivity contribution in [2.24, 2.45) is 4.99 Å². The van der Waals surface area contributed by atoms with Crippen LogP contribution in [0.3, 0.4) is 0 Å². The van der Waals surface area contributed by atoms with Gasteiger partial charge in [0.05, 0.1) is 19.9 Å². The van der Waals surface area contributed by atoms with Crippen molar-refractivity contribution in [3.8, 4) is 17.2 Å². The summed E-state index contributed by atoms with van der Waals surface area (Å²) in [5, 5.41) is 10.2. The van der Waals surface area contributed by atoms with Gasteiger partial charge in [-0.3, -0.25) is 9.69 Å². The lowest BCUT2D eigenvalue weighted by molar-refractivity contribution is -0.113. The van der Waals surface area contributed by atoms with Crippen LogP contribution in [0.2, 0.25) is 5.02 Å². The SMILES string of the molecule is COc1ccc(/C=C2/N=C(c3ccc(Cl)cc3)N(c3ccc(O)cc3)C2=O)cc1OC. The van der Waals surface area contributed by atoms with Gasteiger partial charge in [0, 0.05) is 10.6 Å². The van der Waals surface area contributed by atoms with Crippen LogP contribution in [0, 0.1) is 0 Å². The Morgan fingerprint density at radius 1 is 0.935 bits per heavy atom. The quantitative estimate of drug-likeness (QED) is 0.580. The predicted octanol–water partition coefficient (Wildman–Crippen LogP) is 4.90. The van der Waals surface area contributed by atoms with Gasteiger partial charge < -0.3 is 14.6 Å². The first-order valence-corrected chi connectivity index (χ1v) is 9.80. The maximum Gasteiger partial charge on any atom is 0.282 e. The van der Waals surface area contributed by atoms with Crippen LogP contribution in [-0.2, 0) is 4.79 Å². The van der Waals surface area contributed by atoms with Gasteiger partial charge in [0.2, 0.25) is 0 Å². The average molecular weight is 435 g/mol. The first-order chi connectivity index (χ1) is 15.0. The van der Waals surface area contributed by atoms with Gasteiger partial charge in [0.15, 0.2) is 11.5 Å². The summed E-state index contributed by atoms with van der Waals surface area (Å²) >= 11 is 6.03. The number of nitrogens with zero attached hydrogens (tertiary/aromatic N) is 2. The molecule has 7 heteroatoms. The molecule has 0 fully saturated rings. The van der Waals surface area contributed by atoms with E-state index in [0.717, 1.165) is 11.1 Å². The molecular weight excluding hydrogens is 416 g/mol. The number of aromatic hydroxyl groups is 1. The third-order valence-electron chi connectivity index (χ3n) is 4.78. The predicted molar refractivity (Wildman–Crippen MR) is 121 cm³/mol. The molecule has 4 rings (SSSR count). The molecule has 0 aliphatic carbocycles. The number of phenols is 1. The van der Waals surface area contributed by atoms with Gasteiger partial charge in [-0.25, -0.2) is 4.99 Å². The molecule has 1 aliphatic heterocycles.